The highest BCUT2D eigenvalue weighted by Gasteiger charge is 2.35. The SMILES string of the molecule is CN1CCCC(O)(CC(=O)Nc2cc(C(F)(F)F)[nH]n2)C1. The van der Waals surface area contributed by atoms with Gasteiger partial charge in [0.05, 0.1) is 12.0 Å². The Balaban J connectivity index is 1.94. The van der Waals surface area contributed by atoms with E-state index < -0.39 is 23.4 Å². The first-order valence-corrected chi connectivity index (χ1v) is 6.51. The number of aromatic nitrogens is 2. The molecule has 0 aliphatic carbocycles. The lowest BCUT2D eigenvalue weighted by Crippen LogP contribution is -2.48. The largest absolute Gasteiger partial charge is 0.432 e. The van der Waals surface area contributed by atoms with Crippen LogP contribution in [0.3, 0.4) is 0 Å². The number of H-pyrrole nitrogens is 1. The van der Waals surface area contributed by atoms with Crippen LogP contribution in [0.2, 0.25) is 0 Å². The molecule has 9 heteroatoms. The molecular formula is C12H17F3N4O2. The molecule has 1 fully saturated rings. The maximum Gasteiger partial charge on any atom is 0.432 e. The Morgan fingerprint density at radius 2 is 2.33 bits per heavy atom. The van der Waals surface area contributed by atoms with E-state index in [0.717, 1.165) is 19.0 Å². The van der Waals surface area contributed by atoms with E-state index >= 15 is 0 Å². The molecule has 0 spiro atoms. The van der Waals surface area contributed by atoms with Gasteiger partial charge in [0.1, 0.15) is 5.69 Å². The van der Waals surface area contributed by atoms with Crippen molar-refractivity contribution in [2.24, 2.45) is 0 Å². The van der Waals surface area contributed by atoms with Gasteiger partial charge >= 0.3 is 6.18 Å². The standard InChI is InChI=1S/C12H17F3N4O2/c1-19-4-2-3-11(21,7-19)6-10(20)16-9-5-8(17-18-9)12(13,14)15/h5,21H,2-4,6-7H2,1H3,(H2,16,17,18,20). The highest BCUT2D eigenvalue weighted by Crippen LogP contribution is 2.29. The van der Waals surface area contributed by atoms with E-state index in [0.29, 0.717) is 13.0 Å². The predicted octanol–water partition coefficient (Wildman–Crippen LogP) is 1.21. The molecule has 1 amide bonds. The number of carbonyl (C=O) groups excluding carboxylic acids is 1. The van der Waals surface area contributed by atoms with E-state index in [9.17, 15) is 23.1 Å². The third-order valence-corrected chi connectivity index (χ3v) is 3.39. The summed E-state index contributed by atoms with van der Waals surface area (Å²) in [5.41, 5.74) is -2.19. The minimum absolute atomic E-state index is 0.175. The topological polar surface area (TPSA) is 81.2 Å². The number of aliphatic hydroxyl groups is 1. The lowest BCUT2D eigenvalue weighted by molar-refractivity contribution is -0.141. The zero-order chi connectivity index (χ0) is 15.7. The van der Waals surface area contributed by atoms with Crippen LogP contribution in [0.15, 0.2) is 6.07 Å². The van der Waals surface area contributed by atoms with Crippen LogP contribution in [-0.2, 0) is 11.0 Å². The minimum Gasteiger partial charge on any atom is -0.388 e. The molecule has 0 saturated carbocycles. The van der Waals surface area contributed by atoms with Crippen molar-refractivity contribution in [1.29, 1.82) is 0 Å². The second kappa shape index (κ2) is 5.64. The van der Waals surface area contributed by atoms with Crippen LogP contribution in [0.25, 0.3) is 0 Å². The molecule has 0 aromatic carbocycles. The zero-order valence-corrected chi connectivity index (χ0v) is 11.5. The number of piperidine rings is 1. The molecule has 21 heavy (non-hydrogen) atoms. The number of alkyl halides is 3. The summed E-state index contributed by atoms with van der Waals surface area (Å²) in [6.07, 6.45) is -3.47. The van der Waals surface area contributed by atoms with Gasteiger partial charge in [-0.05, 0) is 26.4 Å². The first kappa shape index (κ1) is 15.8. The predicted molar refractivity (Wildman–Crippen MR) is 68.5 cm³/mol. The fraction of sp³-hybridized carbons (Fsp3) is 0.667. The first-order chi connectivity index (χ1) is 9.68. The zero-order valence-electron chi connectivity index (χ0n) is 11.5. The van der Waals surface area contributed by atoms with Crippen LogP contribution in [0.1, 0.15) is 25.0 Å². The Hall–Kier alpha value is -1.61. The Labute approximate surface area is 119 Å². The van der Waals surface area contributed by atoms with Gasteiger partial charge in [0.2, 0.25) is 5.91 Å². The molecule has 1 atom stereocenters. The van der Waals surface area contributed by atoms with Gasteiger partial charge in [-0.2, -0.15) is 18.3 Å². The van der Waals surface area contributed by atoms with Crippen molar-refractivity contribution < 1.29 is 23.1 Å². The maximum atomic E-state index is 12.4. The van der Waals surface area contributed by atoms with E-state index in [-0.39, 0.29) is 12.2 Å². The molecule has 1 aliphatic rings. The number of nitrogens with zero attached hydrogens (tertiary/aromatic N) is 2. The van der Waals surface area contributed by atoms with E-state index in [1.807, 2.05) is 17.0 Å². The summed E-state index contributed by atoms with van der Waals surface area (Å²) in [6, 6.07) is 0.717. The summed E-state index contributed by atoms with van der Waals surface area (Å²) < 4.78 is 37.2. The third-order valence-electron chi connectivity index (χ3n) is 3.39. The Bertz CT molecular complexity index is 517. The number of carbonyl (C=O) groups is 1. The molecule has 1 aliphatic heterocycles. The number of likely N-dealkylation sites (tertiary alicyclic amines) is 1. The summed E-state index contributed by atoms with van der Waals surface area (Å²) in [6.45, 7) is 1.20. The Morgan fingerprint density at radius 1 is 1.62 bits per heavy atom. The van der Waals surface area contributed by atoms with E-state index in [1.54, 1.807) is 0 Å². The van der Waals surface area contributed by atoms with Gasteiger partial charge in [0, 0.05) is 12.6 Å². The fourth-order valence-electron chi connectivity index (χ4n) is 2.50. The summed E-state index contributed by atoms with van der Waals surface area (Å²) in [4.78, 5) is 13.7. The molecule has 1 unspecified atom stereocenters. The number of nitrogens with one attached hydrogen (secondary N) is 2. The number of amides is 1. The van der Waals surface area contributed by atoms with Gasteiger partial charge in [-0.25, -0.2) is 0 Å². The van der Waals surface area contributed by atoms with Gasteiger partial charge in [0.25, 0.3) is 0 Å². The summed E-state index contributed by atoms with van der Waals surface area (Å²) >= 11 is 0. The van der Waals surface area contributed by atoms with Gasteiger partial charge in [-0.15, -0.1) is 0 Å². The average molecular weight is 306 g/mol. The highest BCUT2D eigenvalue weighted by molar-refractivity contribution is 5.90. The van der Waals surface area contributed by atoms with Crippen molar-refractivity contribution >= 4 is 11.7 Å². The van der Waals surface area contributed by atoms with Gasteiger partial charge in [-0.1, -0.05) is 0 Å². The van der Waals surface area contributed by atoms with Crippen molar-refractivity contribution in [2.75, 3.05) is 25.5 Å². The van der Waals surface area contributed by atoms with Crippen LogP contribution in [0.5, 0.6) is 0 Å². The Kier molecular flexibility index (Phi) is 4.24. The van der Waals surface area contributed by atoms with E-state index in [1.165, 1.54) is 0 Å². The molecule has 1 aromatic heterocycles. The maximum absolute atomic E-state index is 12.4. The molecule has 6 nitrogen and oxygen atoms in total. The number of hydrogen-bond acceptors (Lipinski definition) is 4. The second-order valence-electron chi connectivity index (χ2n) is 5.46. The molecule has 118 valence electrons. The molecule has 2 rings (SSSR count). The lowest BCUT2D eigenvalue weighted by atomic mass is 9.89. The number of β-amino-alcohol motifs (C(OH)–C–C–N with tert-alkyl or cyclic N) is 1. The minimum atomic E-state index is -4.54. The van der Waals surface area contributed by atoms with Crippen LogP contribution in [0.4, 0.5) is 19.0 Å². The normalized spacial score (nSPS) is 24.0. The third kappa shape index (κ3) is 4.18. The molecule has 0 bridgehead atoms. The van der Waals surface area contributed by atoms with Gasteiger partial charge in [-0.3, -0.25) is 9.89 Å². The van der Waals surface area contributed by atoms with Crippen molar-refractivity contribution in [1.82, 2.24) is 15.1 Å². The van der Waals surface area contributed by atoms with E-state index in [4.69, 9.17) is 0 Å². The number of anilines is 1. The van der Waals surface area contributed by atoms with Crippen molar-refractivity contribution in [2.45, 2.75) is 31.0 Å². The molecule has 2 heterocycles. The molecule has 1 saturated heterocycles. The number of likely N-dealkylation sites (N-methyl/N-ethyl adjacent to an activating group) is 1. The van der Waals surface area contributed by atoms with Gasteiger partial charge in [0.15, 0.2) is 5.82 Å². The Morgan fingerprint density at radius 3 is 2.90 bits per heavy atom. The van der Waals surface area contributed by atoms with Crippen LogP contribution >= 0.6 is 0 Å². The van der Waals surface area contributed by atoms with Crippen LogP contribution in [-0.4, -0.2) is 51.8 Å². The average Bonchev–Trinajstić information content (AvgIpc) is 2.75. The summed E-state index contributed by atoms with van der Waals surface area (Å²) in [5.74, 6) is -0.770. The number of rotatable bonds is 3. The molecule has 1 aromatic rings. The fourth-order valence-corrected chi connectivity index (χ4v) is 2.50. The summed E-state index contributed by atoms with van der Waals surface area (Å²) in [7, 11) is 1.84. The van der Waals surface area contributed by atoms with Crippen molar-refractivity contribution in [3.8, 4) is 0 Å². The van der Waals surface area contributed by atoms with Crippen LogP contribution in [0, 0.1) is 0 Å². The van der Waals surface area contributed by atoms with Crippen molar-refractivity contribution in [3.05, 3.63) is 11.8 Å². The molecular weight excluding hydrogens is 289 g/mol. The van der Waals surface area contributed by atoms with Gasteiger partial charge < -0.3 is 15.3 Å². The van der Waals surface area contributed by atoms with E-state index in [2.05, 4.69) is 10.4 Å². The van der Waals surface area contributed by atoms with Crippen molar-refractivity contribution in [3.63, 3.8) is 0 Å². The molecule has 3 N–H and O–H groups in total. The smallest absolute Gasteiger partial charge is 0.388 e. The lowest BCUT2D eigenvalue weighted by Gasteiger charge is -2.36. The first-order valence-electron chi connectivity index (χ1n) is 6.51. The number of aromatic amines is 1. The molecule has 0 radical (unpaired) electrons. The quantitative estimate of drug-likeness (QED) is 0.784. The monoisotopic (exact) mass is 306 g/mol. The number of hydrogen-bond donors (Lipinski definition) is 3. The highest BCUT2D eigenvalue weighted by atomic mass is 19.4. The summed E-state index contributed by atoms with van der Waals surface area (Å²) in [5, 5.41) is 17.8. The number of halogens is 3. The van der Waals surface area contributed by atoms with Crippen LogP contribution < -0.4 is 5.32 Å². The second-order valence-corrected chi connectivity index (χ2v) is 5.46.